The van der Waals surface area contributed by atoms with Crippen molar-refractivity contribution in [1.82, 2.24) is 9.88 Å². The number of ether oxygens (including phenoxy) is 2. The molecule has 2 saturated heterocycles. The van der Waals surface area contributed by atoms with E-state index in [0.29, 0.717) is 47.6 Å². The fourth-order valence-corrected chi connectivity index (χ4v) is 7.56. The molecule has 3 aliphatic rings. The number of imide groups is 1. The van der Waals surface area contributed by atoms with Crippen molar-refractivity contribution in [3.8, 4) is 5.75 Å². The fourth-order valence-electron chi connectivity index (χ4n) is 5.04. The summed E-state index contributed by atoms with van der Waals surface area (Å²) in [7, 11) is 0. The largest absolute Gasteiger partial charge is 0.484 e. The van der Waals surface area contributed by atoms with E-state index < -0.39 is 34.7 Å². The first-order valence-corrected chi connectivity index (χ1v) is 13.7. The second-order valence-corrected chi connectivity index (χ2v) is 11.3. The summed E-state index contributed by atoms with van der Waals surface area (Å²) in [6.07, 6.45) is 0. The number of nitrogens with zero attached hydrogens (tertiary/aromatic N) is 2. The number of halogens is 1. The van der Waals surface area contributed by atoms with Gasteiger partial charge >= 0.3 is 4.87 Å². The average Bonchev–Trinajstić information content (AvgIpc) is 3.43. The van der Waals surface area contributed by atoms with Gasteiger partial charge in [0, 0.05) is 23.9 Å². The summed E-state index contributed by atoms with van der Waals surface area (Å²) in [5, 5.41) is -0.165. The Morgan fingerprint density at radius 2 is 1.74 bits per heavy atom. The molecule has 3 aromatic rings. The molecule has 0 spiro atoms. The maximum Gasteiger partial charge on any atom is 0.305 e. The molecule has 38 heavy (non-hydrogen) atoms. The summed E-state index contributed by atoms with van der Waals surface area (Å²) in [4.78, 5) is 57.7. The summed E-state index contributed by atoms with van der Waals surface area (Å²) in [6.45, 7) is 1.98. The van der Waals surface area contributed by atoms with E-state index >= 15 is 0 Å². The minimum absolute atomic E-state index is 0.104. The maximum absolute atomic E-state index is 13.7. The van der Waals surface area contributed by atoms with Gasteiger partial charge in [-0.1, -0.05) is 35.2 Å². The molecule has 3 amide bonds. The number of amides is 3. The Balaban J connectivity index is 1.27. The number of benzene rings is 2. The van der Waals surface area contributed by atoms with Crippen LogP contribution in [0.3, 0.4) is 0 Å². The number of fused-ring (bicyclic) bond motifs is 2. The molecule has 2 fully saturated rings. The molecule has 6 rings (SSSR count). The van der Waals surface area contributed by atoms with Crippen molar-refractivity contribution in [2.45, 2.75) is 16.2 Å². The Bertz CT molecular complexity index is 1450. The van der Waals surface area contributed by atoms with E-state index in [9.17, 15) is 23.6 Å². The third kappa shape index (κ3) is 4.42. The standard InChI is InChI=1S/C26H22FN3O6S2/c27-15-3-5-16(6-4-15)30-24(32)20-19(21-23(28-26(34)38-21)37-22(20)25(30)33)14-1-7-17(8-2-14)36-13-18(31)29-9-11-35-12-10-29/h1-8,19-20,22H,9-13H2,(H,28,34)/t19-,20-,22+/m0/s1. The highest BCUT2D eigenvalue weighted by molar-refractivity contribution is 8.00. The Morgan fingerprint density at radius 3 is 2.45 bits per heavy atom. The lowest BCUT2D eigenvalue weighted by atomic mass is 9.83. The van der Waals surface area contributed by atoms with Gasteiger partial charge in [-0.3, -0.25) is 19.2 Å². The van der Waals surface area contributed by atoms with Gasteiger partial charge in [0.2, 0.25) is 11.8 Å². The monoisotopic (exact) mass is 555 g/mol. The lowest BCUT2D eigenvalue weighted by Gasteiger charge is -2.30. The van der Waals surface area contributed by atoms with Crippen LogP contribution in [0.2, 0.25) is 0 Å². The van der Waals surface area contributed by atoms with E-state index in [0.717, 1.165) is 21.8 Å². The van der Waals surface area contributed by atoms with Gasteiger partial charge in [0.25, 0.3) is 5.91 Å². The lowest BCUT2D eigenvalue weighted by molar-refractivity contribution is -0.137. The zero-order valence-corrected chi connectivity index (χ0v) is 21.6. The van der Waals surface area contributed by atoms with Gasteiger partial charge in [-0.05, 0) is 42.0 Å². The van der Waals surface area contributed by atoms with Gasteiger partial charge < -0.3 is 19.4 Å². The Hall–Kier alpha value is -3.48. The van der Waals surface area contributed by atoms with Crippen molar-refractivity contribution in [2.24, 2.45) is 5.92 Å². The van der Waals surface area contributed by atoms with E-state index in [1.165, 1.54) is 36.0 Å². The summed E-state index contributed by atoms with van der Waals surface area (Å²) in [5.41, 5.74) is 1.05. The molecule has 2 aromatic carbocycles. The molecule has 12 heteroatoms. The van der Waals surface area contributed by atoms with Gasteiger partial charge in [-0.2, -0.15) is 0 Å². The first-order valence-electron chi connectivity index (χ1n) is 12.0. The predicted molar refractivity (Wildman–Crippen MR) is 138 cm³/mol. The second kappa shape index (κ2) is 10.0. The molecule has 196 valence electrons. The highest BCUT2D eigenvalue weighted by atomic mass is 32.2. The molecule has 0 aliphatic carbocycles. The van der Waals surface area contributed by atoms with Gasteiger partial charge in [-0.25, -0.2) is 9.29 Å². The molecule has 1 N–H and O–H groups in total. The number of rotatable bonds is 5. The number of hydrogen-bond donors (Lipinski definition) is 1. The van der Waals surface area contributed by atoms with Crippen LogP contribution in [0.25, 0.3) is 0 Å². The molecular weight excluding hydrogens is 533 g/mol. The van der Waals surface area contributed by atoms with Crippen LogP contribution in [0.15, 0.2) is 58.4 Å². The number of hydrogen-bond acceptors (Lipinski definition) is 8. The molecule has 4 heterocycles. The number of thioether (sulfide) groups is 1. The summed E-state index contributed by atoms with van der Waals surface area (Å²) in [6, 6.07) is 12.2. The normalized spacial score (nSPS) is 22.8. The number of carbonyl (C=O) groups is 3. The van der Waals surface area contributed by atoms with Crippen LogP contribution in [0.4, 0.5) is 10.1 Å². The van der Waals surface area contributed by atoms with E-state index in [1.807, 2.05) is 0 Å². The number of carbonyl (C=O) groups excluding carboxylic acids is 3. The van der Waals surface area contributed by atoms with Gasteiger partial charge in [0.05, 0.1) is 29.8 Å². The fraction of sp³-hybridized carbons (Fsp3) is 0.308. The molecule has 0 radical (unpaired) electrons. The van der Waals surface area contributed by atoms with Gasteiger partial charge in [-0.15, -0.1) is 0 Å². The van der Waals surface area contributed by atoms with Crippen molar-refractivity contribution in [3.05, 3.63) is 74.5 Å². The van der Waals surface area contributed by atoms with Gasteiger partial charge in [0.15, 0.2) is 6.61 Å². The van der Waals surface area contributed by atoms with E-state index in [4.69, 9.17) is 9.47 Å². The van der Waals surface area contributed by atoms with Crippen LogP contribution >= 0.6 is 23.1 Å². The highest BCUT2D eigenvalue weighted by Crippen LogP contribution is 2.53. The molecule has 9 nitrogen and oxygen atoms in total. The minimum atomic E-state index is -0.744. The number of H-pyrrole nitrogens is 1. The van der Waals surface area contributed by atoms with Crippen molar-refractivity contribution < 1.29 is 28.2 Å². The van der Waals surface area contributed by atoms with Gasteiger partial charge in [0.1, 0.15) is 16.8 Å². The Morgan fingerprint density at radius 1 is 1.03 bits per heavy atom. The first-order chi connectivity index (χ1) is 18.4. The number of aromatic nitrogens is 1. The molecule has 0 unspecified atom stereocenters. The van der Waals surface area contributed by atoms with Crippen LogP contribution in [-0.4, -0.2) is 65.8 Å². The number of aromatic amines is 1. The maximum atomic E-state index is 13.7. The second-order valence-electron chi connectivity index (χ2n) is 9.09. The van der Waals surface area contributed by atoms with Crippen LogP contribution in [0.5, 0.6) is 5.75 Å². The number of nitrogens with one attached hydrogen (secondary N) is 1. The molecular formula is C26H22FN3O6S2. The topological polar surface area (TPSA) is 109 Å². The van der Waals surface area contributed by atoms with E-state index in [2.05, 4.69) is 4.98 Å². The quantitative estimate of drug-likeness (QED) is 0.482. The van der Waals surface area contributed by atoms with Crippen molar-refractivity contribution in [3.63, 3.8) is 0 Å². The third-order valence-corrected chi connectivity index (χ3v) is 9.28. The van der Waals surface area contributed by atoms with Crippen LogP contribution in [0, 0.1) is 11.7 Å². The zero-order chi connectivity index (χ0) is 26.4. The molecule has 3 aliphatic heterocycles. The lowest BCUT2D eigenvalue weighted by Crippen LogP contribution is -2.42. The number of thiazole rings is 1. The summed E-state index contributed by atoms with van der Waals surface area (Å²) >= 11 is 2.20. The highest BCUT2D eigenvalue weighted by Gasteiger charge is 2.56. The van der Waals surface area contributed by atoms with E-state index in [-0.39, 0.29) is 17.4 Å². The SMILES string of the molecule is O=C(COc1ccc([C@@H]2c3sc(=O)[nH]c3S[C@H]3C(=O)N(c4ccc(F)cc4)C(=O)[C@@H]23)cc1)N1CCOCC1. The molecule has 0 saturated carbocycles. The Labute approximate surface area is 224 Å². The minimum Gasteiger partial charge on any atom is -0.484 e. The van der Waals surface area contributed by atoms with Crippen molar-refractivity contribution >= 4 is 46.5 Å². The number of anilines is 1. The third-order valence-electron chi connectivity index (χ3n) is 6.87. The summed E-state index contributed by atoms with van der Waals surface area (Å²) < 4.78 is 24.5. The smallest absolute Gasteiger partial charge is 0.305 e. The molecule has 3 atom stereocenters. The van der Waals surface area contributed by atoms with Crippen LogP contribution in [-0.2, 0) is 19.1 Å². The zero-order valence-electron chi connectivity index (χ0n) is 19.9. The average molecular weight is 556 g/mol. The summed E-state index contributed by atoms with van der Waals surface area (Å²) in [5.74, 6) is -2.18. The molecule has 1 aromatic heterocycles. The van der Waals surface area contributed by atoms with Crippen molar-refractivity contribution in [2.75, 3.05) is 37.8 Å². The number of morpholine rings is 1. The van der Waals surface area contributed by atoms with Crippen LogP contribution < -0.4 is 14.5 Å². The van der Waals surface area contributed by atoms with E-state index in [1.54, 1.807) is 29.2 Å². The predicted octanol–water partition coefficient (Wildman–Crippen LogP) is 2.61. The molecule has 0 bridgehead atoms. The Kier molecular flexibility index (Phi) is 6.54. The van der Waals surface area contributed by atoms with Crippen molar-refractivity contribution in [1.29, 1.82) is 0 Å². The van der Waals surface area contributed by atoms with Crippen LogP contribution in [0.1, 0.15) is 16.4 Å². The first kappa shape index (κ1) is 24.8.